The molecule has 1 atom stereocenters. The van der Waals surface area contributed by atoms with Crippen molar-refractivity contribution in [1.29, 1.82) is 0 Å². The summed E-state index contributed by atoms with van der Waals surface area (Å²) in [6.07, 6.45) is -0.892. The molecule has 0 spiro atoms. The lowest BCUT2D eigenvalue weighted by Gasteiger charge is -2.17. The third kappa shape index (κ3) is 4.64. The van der Waals surface area contributed by atoms with Crippen LogP contribution in [0, 0.1) is 5.82 Å². The molecule has 1 unspecified atom stereocenters. The summed E-state index contributed by atoms with van der Waals surface area (Å²) in [4.78, 5) is 23.8. The Labute approximate surface area is 154 Å². The molecule has 0 aliphatic rings. The van der Waals surface area contributed by atoms with E-state index in [1.54, 1.807) is 0 Å². The zero-order chi connectivity index (χ0) is 19.3. The van der Waals surface area contributed by atoms with E-state index in [0.29, 0.717) is 5.69 Å². The van der Waals surface area contributed by atoms with Crippen molar-refractivity contribution in [3.63, 3.8) is 0 Å². The van der Waals surface area contributed by atoms with Crippen LogP contribution in [0.1, 0.15) is 17.3 Å². The highest BCUT2D eigenvalue weighted by atomic mass is 35.5. The molecule has 2 aromatic carbocycles. The molecule has 1 N–H and O–H groups in total. The topological polar surface area (TPSA) is 73.9 Å². The summed E-state index contributed by atoms with van der Waals surface area (Å²) in [7, 11) is 2.68. The van der Waals surface area contributed by atoms with Crippen molar-refractivity contribution in [2.24, 2.45) is 0 Å². The van der Waals surface area contributed by atoms with Gasteiger partial charge in [-0.15, -0.1) is 0 Å². The van der Waals surface area contributed by atoms with Gasteiger partial charge in [0.15, 0.2) is 17.6 Å². The fourth-order valence-electron chi connectivity index (χ4n) is 2.07. The van der Waals surface area contributed by atoms with E-state index in [4.69, 9.17) is 21.1 Å². The second-order valence-electron chi connectivity index (χ2n) is 5.24. The minimum absolute atomic E-state index is 0.101. The molecule has 0 radical (unpaired) electrons. The van der Waals surface area contributed by atoms with Crippen LogP contribution in [0.3, 0.4) is 0 Å². The Hall–Kier alpha value is -2.80. The summed E-state index contributed by atoms with van der Waals surface area (Å²) >= 11 is 5.69. The molecule has 0 saturated carbocycles. The molecule has 0 aliphatic carbocycles. The number of rotatable bonds is 6. The average molecular weight is 382 g/mol. The van der Waals surface area contributed by atoms with E-state index >= 15 is 0 Å². The van der Waals surface area contributed by atoms with Gasteiger partial charge in [-0.1, -0.05) is 11.6 Å². The second kappa shape index (κ2) is 8.53. The number of methoxy groups -OCH3 is 2. The first-order chi connectivity index (χ1) is 12.3. The highest BCUT2D eigenvalue weighted by molar-refractivity contribution is 6.31. The highest BCUT2D eigenvalue weighted by Gasteiger charge is 2.19. The smallest absolute Gasteiger partial charge is 0.337 e. The lowest BCUT2D eigenvalue weighted by Crippen LogP contribution is -2.30. The maximum absolute atomic E-state index is 13.2. The lowest BCUT2D eigenvalue weighted by molar-refractivity contribution is -0.122. The van der Waals surface area contributed by atoms with Crippen molar-refractivity contribution in [3.8, 4) is 11.5 Å². The van der Waals surface area contributed by atoms with E-state index in [0.717, 1.165) is 6.07 Å². The van der Waals surface area contributed by atoms with Crippen LogP contribution in [-0.4, -0.2) is 32.2 Å². The zero-order valence-electron chi connectivity index (χ0n) is 14.3. The third-order valence-electron chi connectivity index (χ3n) is 3.44. The second-order valence-corrected chi connectivity index (χ2v) is 5.64. The maximum Gasteiger partial charge on any atom is 0.337 e. The number of carbonyl (C=O) groups excluding carboxylic acids is 2. The Morgan fingerprint density at radius 1 is 1.12 bits per heavy atom. The molecule has 0 aliphatic heterocycles. The number of amides is 1. The average Bonchev–Trinajstić information content (AvgIpc) is 2.64. The van der Waals surface area contributed by atoms with Gasteiger partial charge in [-0.2, -0.15) is 0 Å². The molecule has 2 rings (SSSR count). The van der Waals surface area contributed by atoms with E-state index in [1.165, 1.54) is 51.5 Å². The number of esters is 1. The van der Waals surface area contributed by atoms with Crippen molar-refractivity contribution >= 4 is 29.2 Å². The molecule has 6 nitrogen and oxygen atoms in total. The zero-order valence-corrected chi connectivity index (χ0v) is 15.1. The normalized spacial score (nSPS) is 11.4. The summed E-state index contributed by atoms with van der Waals surface area (Å²) in [6.45, 7) is 1.54. The van der Waals surface area contributed by atoms with E-state index < -0.39 is 23.8 Å². The van der Waals surface area contributed by atoms with Crippen LogP contribution >= 0.6 is 11.6 Å². The van der Waals surface area contributed by atoms with Crippen LogP contribution in [-0.2, 0) is 9.53 Å². The minimum Gasteiger partial charge on any atom is -0.493 e. The molecular formula is C18H17ClFNO5. The monoisotopic (exact) mass is 381 g/mol. The number of nitrogens with one attached hydrogen (secondary N) is 1. The Balaban J connectivity index is 2.10. The van der Waals surface area contributed by atoms with Gasteiger partial charge in [-0.05, 0) is 43.3 Å². The van der Waals surface area contributed by atoms with Crippen molar-refractivity contribution in [3.05, 3.63) is 52.8 Å². The van der Waals surface area contributed by atoms with Crippen molar-refractivity contribution in [2.45, 2.75) is 13.0 Å². The van der Waals surface area contributed by atoms with Crippen molar-refractivity contribution in [2.75, 3.05) is 19.5 Å². The molecule has 0 heterocycles. The highest BCUT2D eigenvalue weighted by Crippen LogP contribution is 2.29. The van der Waals surface area contributed by atoms with E-state index in [1.807, 2.05) is 0 Å². The summed E-state index contributed by atoms with van der Waals surface area (Å²) in [6, 6.07) is 8.28. The number of halogens is 2. The molecule has 0 bridgehead atoms. The quantitative estimate of drug-likeness (QED) is 0.773. The van der Waals surface area contributed by atoms with Gasteiger partial charge in [-0.3, -0.25) is 4.79 Å². The molecular weight excluding hydrogens is 365 g/mol. The summed E-state index contributed by atoms with van der Waals surface area (Å²) < 4.78 is 28.6. The standard InChI is InChI=1S/C18H17ClFNO5/c1-10(17(22)21-12-5-6-14(20)13(19)9-12)26-15-7-4-11(18(23)25-3)8-16(15)24-2/h4-10H,1-3H3,(H,21,22). The number of ether oxygens (including phenoxy) is 3. The van der Waals surface area contributed by atoms with E-state index in [-0.39, 0.29) is 22.1 Å². The van der Waals surface area contributed by atoms with Gasteiger partial charge in [0.2, 0.25) is 0 Å². The first kappa shape index (κ1) is 19.5. The van der Waals surface area contributed by atoms with Gasteiger partial charge >= 0.3 is 5.97 Å². The van der Waals surface area contributed by atoms with Crippen molar-refractivity contribution < 1.29 is 28.2 Å². The molecule has 0 saturated heterocycles. The molecule has 0 fully saturated rings. The molecule has 2 aromatic rings. The number of hydrogen-bond acceptors (Lipinski definition) is 5. The van der Waals surface area contributed by atoms with Crippen LogP contribution in [0.25, 0.3) is 0 Å². The number of carbonyl (C=O) groups is 2. The van der Waals surface area contributed by atoms with Crippen LogP contribution < -0.4 is 14.8 Å². The van der Waals surface area contributed by atoms with Gasteiger partial charge < -0.3 is 19.5 Å². The first-order valence-electron chi connectivity index (χ1n) is 7.54. The third-order valence-corrected chi connectivity index (χ3v) is 3.73. The lowest BCUT2D eigenvalue weighted by atomic mass is 10.2. The Kier molecular flexibility index (Phi) is 6.41. The summed E-state index contributed by atoms with van der Waals surface area (Å²) in [5.41, 5.74) is 0.625. The Morgan fingerprint density at radius 3 is 2.46 bits per heavy atom. The van der Waals surface area contributed by atoms with Crippen molar-refractivity contribution in [1.82, 2.24) is 0 Å². The van der Waals surface area contributed by atoms with E-state index in [2.05, 4.69) is 10.1 Å². The SMILES string of the molecule is COC(=O)c1ccc(OC(C)C(=O)Nc2ccc(F)c(Cl)c2)c(OC)c1. The molecule has 1 amide bonds. The van der Waals surface area contributed by atoms with Crippen LogP contribution in [0.5, 0.6) is 11.5 Å². The van der Waals surface area contributed by atoms with Crippen LogP contribution in [0.4, 0.5) is 10.1 Å². The predicted octanol–water partition coefficient (Wildman–Crippen LogP) is 3.68. The van der Waals surface area contributed by atoms with Crippen LogP contribution in [0.15, 0.2) is 36.4 Å². The van der Waals surface area contributed by atoms with Crippen LogP contribution in [0.2, 0.25) is 5.02 Å². The molecule has 138 valence electrons. The number of anilines is 1. The maximum atomic E-state index is 13.2. The van der Waals surface area contributed by atoms with E-state index in [9.17, 15) is 14.0 Å². The number of hydrogen-bond donors (Lipinski definition) is 1. The van der Waals surface area contributed by atoms with Gasteiger partial charge in [-0.25, -0.2) is 9.18 Å². The Bertz CT molecular complexity index is 827. The fraction of sp³-hybridized carbons (Fsp3) is 0.222. The largest absolute Gasteiger partial charge is 0.493 e. The predicted molar refractivity (Wildman–Crippen MR) is 94.5 cm³/mol. The molecule has 8 heteroatoms. The summed E-state index contributed by atoms with van der Waals surface area (Å²) in [5, 5.41) is 2.48. The van der Waals surface area contributed by atoms with Gasteiger partial charge in [0.1, 0.15) is 5.82 Å². The van der Waals surface area contributed by atoms with Gasteiger partial charge in [0.05, 0.1) is 24.8 Å². The van der Waals surface area contributed by atoms with Gasteiger partial charge in [0.25, 0.3) is 5.91 Å². The number of benzene rings is 2. The summed E-state index contributed by atoms with van der Waals surface area (Å²) in [5.74, 6) is -1.01. The molecule has 26 heavy (non-hydrogen) atoms. The Morgan fingerprint density at radius 2 is 1.85 bits per heavy atom. The fourth-order valence-corrected chi connectivity index (χ4v) is 2.25. The molecule has 0 aromatic heterocycles. The minimum atomic E-state index is -0.892. The first-order valence-corrected chi connectivity index (χ1v) is 7.92. The van der Waals surface area contributed by atoms with Gasteiger partial charge in [0, 0.05) is 5.69 Å².